The second kappa shape index (κ2) is 15.8. The van der Waals surface area contributed by atoms with Crippen LogP contribution in [0.1, 0.15) is 49.6 Å². The van der Waals surface area contributed by atoms with E-state index < -0.39 is 6.04 Å². The zero-order valence-corrected chi connectivity index (χ0v) is 24.9. The van der Waals surface area contributed by atoms with Crippen LogP contribution in [0.5, 0.6) is 5.75 Å². The molecule has 0 saturated carbocycles. The number of fused-ring (bicyclic) bond motifs is 1. The van der Waals surface area contributed by atoms with Crippen LogP contribution in [0.2, 0.25) is 0 Å². The maximum absolute atomic E-state index is 13.3. The lowest BCUT2D eigenvalue weighted by Crippen LogP contribution is -2.42. The van der Waals surface area contributed by atoms with Gasteiger partial charge in [-0.15, -0.1) is 4.98 Å². The first kappa shape index (κ1) is 31.6. The number of carbonyl (C=O) groups excluding carboxylic acids is 1. The number of rotatable bonds is 16. The summed E-state index contributed by atoms with van der Waals surface area (Å²) in [5, 5.41) is 16.8. The molecule has 0 unspecified atom stereocenters. The van der Waals surface area contributed by atoms with Crippen LogP contribution in [0, 0.1) is 5.82 Å². The van der Waals surface area contributed by atoms with Crippen molar-refractivity contribution in [1.82, 2.24) is 14.9 Å². The molecule has 11 nitrogen and oxygen atoms in total. The second-order valence-corrected chi connectivity index (χ2v) is 10.7. The van der Waals surface area contributed by atoms with Gasteiger partial charge in [0.05, 0.1) is 6.21 Å². The molecule has 1 aromatic carbocycles. The van der Waals surface area contributed by atoms with Crippen LogP contribution < -0.4 is 25.8 Å². The number of nitrogens with two attached hydrogens (primary N) is 1. The highest BCUT2D eigenvalue weighted by Crippen LogP contribution is 2.21. The first-order valence-electron chi connectivity index (χ1n) is 14.8. The highest BCUT2D eigenvalue weighted by Gasteiger charge is 2.25. The van der Waals surface area contributed by atoms with Gasteiger partial charge in [0.25, 0.3) is 12.1 Å². The Labute approximate surface area is 252 Å². The number of aromatic nitrogens is 3. The summed E-state index contributed by atoms with van der Waals surface area (Å²) in [7, 11) is 1.60. The molecule has 0 radical (unpaired) electrons. The molecule has 0 fully saturated rings. The number of ether oxygens (including phenoxy) is 1. The van der Waals surface area contributed by atoms with Gasteiger partial charge in [-0.25, -0.2) is 9.37 Å². The Balaban J connectivity index is 1.36. The zero-order chi connectivity index (χ0) is 30.6. The molecule has 4 rings (SSSR count). The van der Waals surface area contributed by atoms with E-state index in [9.17, 15) is 14.4 Å². The SMILES string of the molecule is CN=Cc1nc[n+](O)c(N[C@@H](CCN(CCCCc2ccc3c(n2)NCCC3)CCOc2ccc(F)cc2)C(C)=O)c1N. The number of ketones is 1. The highest BCUT2D eigenvalue weighted by molar-refractivity contribution is 5.89. The average Bonchev–Trinajstić information content (AvgIpc) is 3.00. The van der Waals surface area contributed by atoms with Crippen LogP contribution in [0.15, 0.2) is 47.7 Å². The number of aryl methyl sites for hydroxylation is 2. The second-order valence-electron chi connectivity index (χ2n) is 10.7. The predicted octanol–water partition coefficient (Wildman–Crippen LogP) is 3.29. The van der Waals surface area contributed by atoms with E-state index in [0.29, 0.717) is 37.6 Å². The molecule has 0 bridgehead atoms. The van der Waals surface area contributed by atoms with E-state index >= 15 is 0 Å². The first-order valence-corrected chi connectivity index (χ1v) is 14.8. The normalized spacial score (nSPS) is 13.5. The van der Waals surface area contributed by atoms with Crippen LogP contribution in [0.3, 0.4) is 0 Å². The summed E-state index contributed by atoms with van der Waals surface area (Å²) in [4.78, 5) is 27.7. The van der Waals surface area contributed by atoms with E-state index in [1.165, 1.54) is 37.2 Å². The molecule has 1 aliphatic heterocycles. The monoisotopic (exact) mass is 593 g/mol. The van der Waals surface area contributed by atoms with Gasteiger partial charge in [-0.3, -0.25) is 20.0 Å². The summed E-state index contributed by atoms with van der Waals surface area (Å²) in [6, 6.07) is 9.67. The minimum absolute atomic E-state index is 0.0865. The topological polar surface area (TPSA) is 142 Å². The number of anilines is 3. The minimum Gasteiger partial charge on any atom is -0.492 e. The van der Waals surface area contributed by atoms with Gasteiger partial charge in [-0.2, -0.15) is 0 Å². The molecule has 5 N–H and O–H groups in total. The largest absolute Gasteiger partial charge is 0.492 e. The molecule has 43 heavy (non-hydrogen) atoms. The molecular formula is C31H42FN8O3+. The zero-order valence-electron chi connectivity index (χ0n) is 24.9. The number of halogens is 1. The smallest absolute Gasteiger partial charge is 0.287 e. The number of nitrogens with zero attached hydrogens (tertiary/aromatic N) is 5. The van der Waals surface area contributed by atoms with Gasteiger partial charge in [-0.05, 0) is 81.5 Å². The van der Waals surface area contributed by atoms with E-state index in [0.717, 1.165) is 61.4 Å². The fraction of sp³-hybridized carbons (Fsp3) is 0.452. The van der Waals surface area contributed by atoms with Gasteiger partial charge in [0, 0.05) is 38.8 Å². The third-order valence-electron chi connectivity index (χ3n) is 7.45. The van der Waals surface area contributed by atoms with Gasteiger partial charge in [0.15, 0.2) is 17.2 Å². The lowest BCUT2D eigenvalue weighted by atomic mass is 10.1. The Hall–Kier alpha value is -4.32. The van der Waals surface area contributed by atoms with Crippen LogP contribution >= 0.6 is 0 Å². The van der Waals surface area contributed by atoms with Crippen molar-refractivity contribution in [3.8, 4) is 5.75 Å². The van der Waals surface area contributed by atoms with Crippen molar-refractivity contribution in [2.45, 2.75) is 51.5 Å². The summed E-state index contributed by atoms with van der Waals surface area (Å²) in [5.74, 6) is 1.40. The molecule has 0 spiro atoms. The average molecular weight is 594 g/mol. The first-order chi connectivity index (χ1) is 20.8. The fourth-order valence-electron chi connectivity index (χ4n) is 5.02. The molecule has 0 saturated heterocycles. The number of aliphatic imine (C=N–C) groups is 1. The van der Waals surface area contributed by atoms with Gasteiger partial charge < -0.3 is 21.0 Å². The summed E-state index contributed by atoms with van der Waals surface area (Å²) in [6.45, 7) is 4.91. The number of pyridine rings is 1. The Kier molecular flexibility index (Phi) is 11.6. The number of Topliss-reactive ketones (excluding diaryl/α,β-unsaturated/α-hetero) is 1. The summed E-state index contributed by atoms with van der Waals surface area (Å²) in [6.07, 6.45) is 8.17. The molecule has 230 valence electrons. The maximum atomic E-state index is 13.3. The van der Waals surface area contributed by atoms with Crippen LogP contribution in [0.4, 0.5) is 21.7 Å². The van der Waals surface area contributed by atoms with E-state index in [4.69, 9.17) is 15.5 Å². The Morgan fingerprint density at radius 1 is 1.26 bits per heavy atom. The van der Waals surface area contributed by atoms with Crippen LogP contribution in [0.25, 0.3) is 0 Å². The molecule has 12 heteroatoms. The van der Waals surface area contributed by atoms with Crippen molar-refractivity contribution in [3.05, 3.63) is 65.5 Å². The van der Waals surface area contributed by atoms with Crippen molar-refractivity contribution >= 4 is 29.3 Å². The summed E-state index contributed by atoms with van der Waals surface area (Å²) in [5.41, 5.74) is 9.15. The van der Waals surface area contributed by atoms with E-state index in [1.54, 1.807) is 19.2 Å². The minimum atomic E-state index is -0.595. The number of carbonyl (C=O) groups is 1. The molecule has 1 aliphatic rings. The lowest BCUT2D eigenvalue weighted by molar-refractivity contribution is -0.895. The van der Waals surface area contributed by atoms with Crippen molar-refractivity contribution in [1.29, 1.82) is 0 Å². The molecule has 3 aromatic rings. The third kappa shape index (κ3) is 9.34. The quantitative estimate of drug-likeness (QED) is 0.0852. The number of nitrogen functional groups attached to an aromatic ring is 1. The number of hydrogen-bond acceptors (Lipinski definition) is 10. The number of nitrogens with one attached hydrogen (secondary N) is 2. The lowest BCUT2D eigenvalue weighted by Gasteiger charge is -2.24. The Morgan fingerprint density at radius 3 is 2.84 bits per heavy atom. The van der Waals surface area contributed by atoms with Crippen molar-refractivity contribution in [2.75, 3.05) is 56.2 Å². The predicted molar refractivity (Wildman–Crippen MR) is 165 cm³/mol. The number of hydrogen-bond donors (Lipinski definition) is 4. The molecular weight excluding hydrogens is 551 g/mol. The Morgan fingerprint density at radius 2 is 2.07 bits per heavy atom. The van der Waals surface area contributed by atoms with Gasteiger partial charge in [-0.1, -0.05) is 10.8 Å². The van der Waals surface area contributed by atoms with Crippen molar-refractivity contribution in [2.24, 2.45) is 4.99 Å². The molecule has 0 aliphatic carbocycles. The van der Waals surface area contributed by atoms with Crippen LogP contribution in [-0.4, -0.2) is 77.9 Å². The highest BCUT2D eigenvalue weighted by atomic mass is 19.1. The fourth-order valence-corrected chi connectivity index (χ4v) is 5.02. The van der Waals surface area contributed by atoms with Crippen molar-refractivity contribution < 1.29 is 23.9 Å². The Bertz CT molecular complexity index is 1390. The van der Waals surface area contributed by atoms with Gasteiger partial charge in [0.2, 0.25) is 0 Å². The molecule has 1 atom stereocenters. The van der Waals surface area contributed by atoms with Crippen LogP contribution in [-0.2, 0) is 17.6 Å². The molecule has 3 heterocycles. The van der Waals surface area contributed by atoms with E-state index in [-0.39, 0.29) is 23.1 Å². The standard InChI is InChI=1S/C31H41FN8O3/c1-22(41)27(38-31-29(33)28(20-34-2)36-21-40(31)42)14-17-39(18-19-43-26-12-9-24(32)10-13-26)16-4-3-7-25-11-8-23-6-5-15-35-30(23)37-25/h8-13,20-21,27,42H,3-7,14-19H2,1-2H3,(H3,33,34,35,37)/p+1/t27-/m0/s1. The summed E-state index contributed by atoms with van der Waals surface area (Å²) >= 11 is 0. The molecule has 0 amide bonds. The number of benzene rings is 1. The number of unbranched alkanes of at least 4 members (excludes halogenated alkanes) is 1. The molecule has 2 aromatic heterocycles. The van der Waals surface area contributed by atoms with E-state index in [1.807, 2.05) is 0 Å². The van der Waals surface area contributed by atoms with Crippen molar-refractivity contribution in [3.63, 3.8) is 0 Å². The third-order valence-corrected chi connectivity index (χ3v) is 7.45. The van der Waals surface area contributed by atoms with Gasteiger partial charge in [0.1, 0.15) is 30.0 Å². The van der Waals surface area contributed by atoms with Gasteiger partial charge >= 0.3 is 0 Å². The van der Waals surface area contributed by atoms with E-state index in [2.05, 4.69) is 37.6 Å². The maximum Gasteiger partial charge on any atom is 0.287 e. The summed E-state index contributed by atoms with van der Waals surface area (Å²) < 4.78 is 19.9.